The Kier molecular flexibility index (Phi) is 6.57. The third-order valence-electron chi connectivity index (χ3n) is 2.89. The van der Waals surface area contributed by atoms with Gasteiger partial charge in [0.2, 0.25) is 10.0 Å². The van der Waals surface area contributed by atoms with Crippen LogP contribution in [-0.4, -0.2) is 56.3 Å². The molecule has 7 heteroatoms. The summed E-state index contributed by atoms with van der Waals surface area (Å²) in [5.74, 6) is 0. The van der Waals surface area contributed by atoms with Gasteiger partial charge in [-0.15, -0.1) is 0 Å². The lowest BCUT2D eigenvalue weighted by Gasteiger charge is -2.21. The first-order valence-electron chi connectivity index (χ1n) is 6.31. The number of hydrogen-bond acceptors (Lipinski definition) is 5. The van der Waals surface area contributed by atoms with E-state index in [9.17, 15) is 13.5 Å². The number of sulfonamides is 1. The van der Waals surface area contributed by atoms with Gasteiger partial charge >= 0.3 is 0 Å². The summed E-state index contributed by atoms with van der Waals surface area (Å²) < 4.78 is 30.9. The van der Waals surface area contributed by atoms with Crippen molar-refractivity contribution in [2.75, 3.05) is 33.4 Å². The van der Waals surface area contributed by atoms with E-state index < -0.39 is 16.1 Å². The van der Waals surface area contributed by atoms with Gasteiger partial charge < -0.3 is 14.9 Å². The smallest absolute Gasteiger partial charge is 0.243 e. The Morgan fingerprint density at radius 3 is 2.30 bits per heavy atom. The van der Waals surface area contributed by atoms with Gasteiger partial charge in [-0.05, 0) is 24.6 Å². The van der Waals surface area contributed by atoms with E-state index in [0.29, 0.717) is 5.56 Å². The highest BCUT2D eigenvalue weighted by atomic mass is 32.2. The Morgan fingerprint density at radius 1 is 1.25 bits per heavy atom. The van der Waals surface area contributed by atoms with Crippen molar-refractivity contribution in [3.05, 3.63) is 29.8 Å². The summed E-state index contributed by atoms with van der Waals surface area (Å²) in [6.07, 6.45) is -0.645. The maximum Gasteiger partial charge on any atom is 0.243 e. The van der Waals surface area contributed by atoms with Crippen molar-refractivity contribution in [2.45, 2.75) is 17.9 Å². The van der Waals surface area contributed by atoms with Crippen molar-refractivity contribution in [3.8, 4) is 0 Å². The van der Waals surface area contributed by atoms with Crippen LogP contribution in [0, 0.1) is 0 Å². The highest BCUT2D eigenvalue weighted by molar-refractivity contribution is 7.89. The first kappa shape index (κ1) is 17.1. The zero-order valence-corrected chi connectivity index (χ0v) is 12.5. The molecule has 0 aliphatic carbocycles. The van der Waals surface area contributed by atoms with Crippen LogP contribution in [0.15, 0.2) is 29.2 Å². The Bertz CT molecular complexity index is 498. The van der Waals surface area contributed by atoms with E-state index in [1.807, 2.05) is 0 Å². The van der Waals surface area contributed by atoms with Crippen LogP contribution in [0.4, 0.5) is 0 Å². The zero-order valence-electron chi connectivity index (χ0n) is 11.7. The quantitative estimate of drug-likeness (QED) is 0.724. The standard InChI is InChI=1S/C13H21NO5S/c1-11(16)12-3-5-13(6-4-12)20(17,18)14(7-9-15)8-10-19-2/h3-6,11,15-16H,7-10H2,1-2H3. The molecule has 0 radical (unpaired) electrons. The van der Waals surface area contributed by atoms with Crippen LogP contribution in [0.2, 0.25) is 0 Å². The number of nitrogens with zero attached hydrogens (tertiary/aromatic N) is 1. The highest BCUT2D eigenvalue weighted by Crippen LogP contribution is 2.19. The van der Waals surface area contributed by atoms with Crippen molar-refractivity contribution < 1.29 is 23.4 Å². The van der Waals surface area contributed by atoms with Crippen LogP contribution in [-0.2, 0) is 14.8 Å². The van der Waals surface area contributed by atoms with Gasteiger partial charge in [0, 0.05) is 20.2 Å². The molecule has 0 amide bonds. The molecule has 1 aromatic rings. The average molecular weight is 303 g/mol. The summed E-state index contributed by atoms with van der Waals surface area (Å²) in [5.41, 5.74) is 0.648. The fourth-order valence-corrected chi connectivity index (χ4v) is 3.14. The van der Waals surface area contributed by atoms with Gasteiger partial charge in [0.1, 0.15) is 0 Å². The summed E-state index contributed by atoms with van der Waals surface area (Å²) in [5, 5.41) is 18.4. The van der Waals surface area contributed by atoms with Gasteiger partial charge in [0.25, 0.3) is 0 Å². The number of aliphatic hydroxyl groups is 2. The number of benzene rings is 1. The summed E-state index contributed by atoms with van der Waals surface area (Å²) in [4.78, 5) is 0.131. The molecule has 0 aliphatic rings. The molecule has 1 rings (SSSR count). The second kappa shape index (κ2) is 7.70. The molecule has 1 atom stereocenters. The maximum atomic E-state index is 12.4. The maximum absolute atomic E-state index is 12.4. The van der Waals surface area contributed by atoms with Crippen molar-refractivity contribution in [1.82, 2.24) is 4.31 Å². The summed E-state index contributed by atoms with van der Waals surface area (Å²) in [6, 6.07) is 6.05. The minimum atomic E-state index is -3.67. The second-order valence-corrected chi connectivity index (χ2v) is 6.30. The molecule has 0 saturated heterocycles. The lowest BCUT2D eigenvalue weighted by atomic mass is 10.1. The minimum Gasteiger partial charge on any atom is -0.395 e. The number of ether oxygens (including phenoxy) is 1. The fraction of sp³-hybridized carbons (Fsp3) is 0.538. The Morgan fingerprint density at radius 2 is 1.85 bits per heavy atom. The van der Waals surface area contributed by atoms with Gasteiger partial charge in [-0.1, -0.05) is 12.1 Å². The summed E-state index contributed by atoms with van der Waals surface area (Å²) in [7, 11) is -2.18. The second-order valence-electron chi connectivity index (χ2n) is 4.37. The average Bonchev–Trinajstić information content (AvgIpc) is 2.43. The van der Waals surface area contributed by atoms with Crippen LogP contribution in [0.25, 0.3) is 0 Å². The molecular formula is C13H21NO5S. The van der Waals surface area contributed by atoms with Crippen LogP contribution in [0.3, 0.4) is 0 Å². The highest BCUT2D eigenvalue weighted by Gasteiger charge is 2.23. The Hall–Kier alpha value is -0.990. The summed E-state index contributed by atoms with van der Waals surface area (Å²) in [6.45, 7) is 1.81. The number of hydrogen-bond donors (Lipinski definition) is 2. The van der Waals surface area contributed by atoms with Gasteiger partial charge in [-0.2, -0.15) is 4.31 Å². The van der Waals surface area contributed by atoms with E-state index >= 15 is 0 Å². The predicted octanol–water partition coefficient (Wildman–Crippen LogP) is 0.369. The van der Waals surface area contributed by atoms with Crippen LogP contribution >= 0.6 is 0 Å². The normalized spacial score (nSPS) is 13.7. The van der Waals surface area contributed by atoms with E-state index in [1.165, 1.54) is 23.5 Å². The molecule has 0 fully saturated rings. The molecule has 20 heavy (non-hydrogen) atoms. The molecule has 1 unspecified atom stereocenters. The lowest BCUT2D eigenvalue weighted by Crippen LogP contribution is -2.36. The molecular weight excluding hydrogens is 282 g/mol. The van der Waals surface area contributed by atoms with Gasteiger partial charge in [0.15, 0.2) is 0 Å². The zero-order chi connectivity index (χ0) is 15.2. The van der Waals surface area contributed by atoms with Crippen molar-refractivity contribution in [2.24, 2.45) is 0 Å². The van der Waals surface area contributed by atoms with E-state index in [4.69, 9.17) is 9.84 Å². The molecule has 0 bridgehead atoms. The molecule has 114 valence electrons. The molecule has 0 aliphatic heterocycles. The molecule has 0 saturated carbocycles. The Balaban J connectivity index is 2.99. The van der Waals surface area contributed by atoms with E-state index in [0.717, 1.165) is 0 Å². The van der Waals surface area contributed by atoms with E-state index in [2.05, 4.69) is 0 Å². The van der Waals surface area contributed by atoms with E-state index in [-0.39, 0.29) is 31.2 Å². The van der Waals surface area contributed by atoms with Gasteiger partial charge in [-0.25, -0.2) is 8.42 Å². The third-order valence-corrected chi connectivity index (χ3v) is 4.81. The first-order valence-corrected chi connectivity index (χ1v) is 7.75. The van der Waals surface area contributed by atoms with Crippen LogP contribution in [0.5, 0.6) is 0 Å². The summed E-state index contributed by atoms with van der Waals surface area (Å²) >= 11 is 0. The van der Waals surface area contributed by atoms with Crippen molar-refractivity contribution in [1.29, 1.82) is 0 Å². The Labute approximate surface area is 119 Å². The fourth-order valence-electron chi connectivity index (χ4n) is 1.72. The SMILES string of the molecule is COCCN(CCO)S(=O)(=O)c1ccc(C(C)O)cc1. The lowest BCUT2D eigenvalue weighted by molar-refractivity contribution is 0.168. The molecule has 1 aromatic carbocycles. The third kappa shape index (κ3) is 4.26. The van der Waals surface area contributed by atoms with Gasteiger partial charge in [0.05, 0.1) is 24.2 Å². The van der Waals surface area contributed by atoms with Crippen LogP contribution in [0.1, 0.15) is 18.6 Å². The minimum absolute atomic E-state index is 0.0177. The molecule has 0 spiro atoms. The van der Waals surface area contributed by atoms with Crippen molar-refractivity contribution in [3.63, 3.8) is 0 Å². The number of rotatable bonds is 8. The van der Waals surface area contributed by atoms with Crippen molar-refractivity contribution >= 4 is 10.0 Å². The predicted molar refractivity (Wildman–Crippen MR) is 74.8 cm³/mol. The largest absolute Gasteiger partial charge is 0.395 e. The van der Waals surface area contributed by atoms with Gasteiger partial charge in [-0.3, -0.25) is 0 Å². The van der Waals surface area contributed by atoms with E-state index in [1.54, 1.807) is 19.1 Å². The monoisotopic (exact) mass is 303 g/mol. The molecule has 6 nitrogen and oxygen atoms in total. The molecule has 0 aromatic heterocycles. The topological polar surface area (TPSA) is 87.1 Å². The molecule has 2 N–H and O–H groups in total. The number of methoxy groups -OCH3 is 1. The number of aliphatic hydroxyl groups excluding tert-OH is 2. The first-order chi connectivity index (χ1) is 9.43. The molecule has 0 heterocycles. The van der Waals surface area contributed by atoms with Crippen LogP contribution < -0.4 is 0 Å².